The Balaban J connectivity index is 1.97. The summed E-state index contributed by atoms with van der Waals surface area (Å²) in [6.45, 7) is 40.0. The molecule has 8 bridgehead atoms. The molecule has 0 saturated carbocycles. The molecule has 0 aliphatic carbocycles. The monoisotopic (exact) mass is 1460 g/mol. The van der Waals surface area contributed by atoms with Gasteiger partial charge in [0.05, 0.1) is 59.1 Å². The fraction of sp³-hybridized carbons (Fsp3) is 0.586. The lowest BCUT2D eigenvalue weighted by Gasteiger charge is -2.59. The van der Waals surface area contributed by atoms with Crippen LogP contribution in [0.3, 0.4) is 0 Å². The van der Waals surface area contributed by atoms with Gasteiger partial charge in [-0.3, -0.25) is 0 Å². The molecule has 0 N–H and O–H groups in total. The molecule has 4 atom stereocenters. The average Bonchev–Trinajstić information content (AvgIpc) is 1.20. The summed E-state index contributed by atoms with van der Waals surface area (Å²) in [4.78, 5) is 104. The summed E-state index contributed by atoms with van der Waals surface area (Å²) in [6.07, 6.45) is -0.400. The second-order valence-electron chi connectivity index (χ2n) is 23.6. The van der Waals surface area contributed by atoms with Crippen molar-refractivity contribution >= 4 is 118 Å². The van der Waals surface area contributed by atoms with Gasteiger partial charge in [0.15, 0.2) is 0 Å². The van der Waals surface area contributed by atoms with Crippen LogP contribution in [0.5, 0.6) is 0 Å². The average molecular weight is 1460 g/mol. The van der Waals surface area contributed by atoms with Crippen LogP contribution < -0.4 is 0 Å². The summed E-state index contributed by atoms with van der Waals surface area (Å²) < 4.78 is 139. The predicted molar refractivity (Wildman–Crippen MR) is 350 cm³/mol. The van der Waals surface area contributed by atoms with Gasteiger partial charge < -0.3 is 87.6 Å². The van der Waals surface area contributed by atoms with Crippen LogP contribution in [0, 0.1) is 0 Å². The molecule has 6 fully saturated rings. The zero-order chi connectivity index (χ0) is 69.8. The number of esters is 8. The zero-order valence-electron chi connectivity index (χ0n) is 55.5. The van der Waals surface area contributed by atoms with Crippen molar-refractivity contribution < 1.29 is 126 Å². The standard InChI is InChI=1S/C58H92O28Si8/c1-43(2)51(59)67-26-17-18-35-91-80-89(37-21-29-70-54(62)46(7)8)76-87(34-19-27-68-52(60)44(3)4)42-75-88(36-20-28-69-53(61)45(5)6)78-92(82-89,39-23-31-72-56(64)48(11)12)85-94(84-91,41-25-33-74-58(66)50(15)16)86-93(79-88,40-24-32-73-57(65)49(13)14)83-90(77-87,81-91)38-22-30-71-55(63)47(9)10/h1,3,5,7,9,11,13,15,17-42H2,2,4,6,8,10,12,14,16H3. The van der Waals surface area contributed by atoms with E-state index in [9.17, 15) is 38.4 Å². The van der Waals surface area contributed by atoms with E-state index in [-0.39, 0.29) is 204 Å². The second-order valence-corrected chi connectivity index (χ2v) is 48.6. The highest BCUT2D eigenvalue weighted by atomic mass is 28.6. The van der Waals surface area contributed by atoms with Crippen molar-refractivity contribution in [2.45, 2.75) is 162 Å². The molecule has 0 amide bonds. The van der Waals surface area contributed by atoms with Crippen LogP contribution in [0.15, 0.2) is 97.2 Å². The fourth-order valence-electron chi connectivity index (χ4n) is 9.54. The Kier molecular flexibility index (Phi) is 30.0. The van der Waals surface area contributed by atoms with Crippen molar-refractivity contribution in [2.75, 3.05) is 59.1 Å². The summed E-state index contributed by atoms with van der Waals surface area (Å²) in [6, 6.07) is -1.60. The number of carbonyl (C=O) groups excluding carboxylic acids is 8. The first-order chi connectivity index (χ1) is 44.1. The predicted octanol–water partition coefficient (Wildman–Crippen LogP) is 8.27. The first-order valence-corrected chi connectivity index (χ1v) is 46.8. The molecule has 0 aromatic rings. The molecule has 6 aliphatic rings. The van der Waals surface area contributed by atoms with Crippen LogP contribution in [0.25, 0.3) is 0 Å². The first-order valence-electron chi connectivity index (χ1n) is 31.1. The smallest absolute Gasteiger partial charge is 0.462 e. The number of carbonyl (C=O) groups is 8. The molecule has 4 unspecified atom stereocenters. The molecule has 6 aliphatic heterocycles. The van der Waals surface area contributed by atoms with Crippen molar-refractivity contribution in [1.82, 2.24) is 0 Å². The normalized spacial score (nSPS) is 27.2. The van der Waals surface area contributed by atoms with E-state index in [0.29, 0.717) is 0 Å². The number of hydrogen-bond donors (Lipinski definition) is 0. The molecule has 524 valence electrons. The third kappa shape index (κ3) is 23.6. The van der Waals surface area contributed by atoms with E-state index < -0.39 is 124 Å². The van der Waals surface area contributed by atoms with E-state index in [1.807, 2.05) is 0 Å². The number of unbranched alkanes of at least 4 members (excludes halogenated alkanes) is 1. The van der Waals surface area contributed by atoms with Gasteiger partial charge in [-0.15, -0.1) is 0 Å². The lowest BCUT2D eigenvalue weighted by Crippen LogP contribution is -2.84. The molecule has 36 heteroatoms. The molecule has 6 saturated heterocycles. The Morgan fingerprint density at radius 2 is 0.415 bits per heavy atom. The van der Waals surface area contributed by atoms with Gasteiger partial charge in [-0.2, -0.15) is 0 Å². The van der Waals surface area contributed by atoms with Crippen molar-refractivity contribution in [3.8, 4) is 0 Å². The Morgan fingerprint density at radius 3 is 0.638 bits per heavy atom. The fourth-order valence-corrected chi connectivity index (χ4v) is 58.8. The van der Waals surface area contributed by atoms with E-state index in [2.05, 4.69) is 52.6 Å². The van der Waals surface area contributed by atoms with Crippen LogP contribution in [0.1, 0.15) is 113 Å². The Labute approximate surface area is 558 Å². The maximum absolute atomic E-state index is 13.1. The third-order valence-electron chi connectivity index (χ3n) is 14.0. The molecule has 0 radical (unpaired) electrons. The van der Waals surface area contributed by atoms with Crippen LogP contribution in [0.2, 0.25) is 48.4 Å². The Bertz CT molecular complexity index is 2820. The lowest BCUT2D eigenvalue weighted by atomic mass is 10.3. The van der Waals surface area contributed by atoms with Crippen molar-refractivity contribution in [3.63, 3.8) is 0 Å². The van der Waals surface area contributed by atoms with Crippen molar-refractivity contribution in [1.29, 1.82) is 0 Å². The molecule has 6 heterocycles. The Morgan fingerprint density at radius 1 is 0.245 bits per heavy atom. The van der Waals surface area contributed by atoms with Crippen LogP contribution in [-0.4, -0.2) is 177 Å². The number of hydrogen-bond acceptors (Lipinski definition) is 28. The maximum atomic E-state index is 13.1. The van der Waals surface area contributed by atoms with Gasteiger partial charge in [0.2, 0.25) is 0 Å². The molecule has 94 heavy (non-hydrogen) atoms. The van der Waals surface area contributed by atoms with Gasteiger partial charge in [-0.25, -0.2) is 38.4 Å². The summed E-state index contributed by atoms with van der Waals surface area (Å²) in [5, 5.41) is 0. The van der Waals surface area contributed by atoms with Gasteiger partial charge in [-0.1, -0.05) is 52.6 Å². The van der Waals surface area contributed by atoms with Gasteiger partial charge in [0.25, 0.3) is 0 Å². The summed E-state index contributed by atoms with van der Waals surface area (Å²) >= 11 is 0. The first kappa shape index (κ1) is 79.6. The largest absolute Gasteiger partial charge is 0.486 e. The highest BCUT2D eigenvalue weighted by Crippen LogP contribution is 2.53. The van der Waals surface area contributed by atoms with E-state index in [4.69, 9.17) is 87.6 Å². The maximum Gasteiger partial charge on any atom is 0.486 e. The van der Waals surface area contributed by atoms with Gasteiger partial charge >= 0.3 is 118 Å². The van der Waals surface area contributed by atoms with E-state index >= 15 is 0 Å². The molecular formula is C58H92O28Si8. The van der Waals surface area contributed by atoms with Gasteiger partial charge in [-0.05, 0) is 119 Å². The second kappa shape index (κ2) is 35.4. The van der Waals surface area contributed by atoms with Crippen LogP contribution >= 0.6 is 0 Å². The third-order valence-corrected chi connectivity index (χ3v) is 51.2. The topological polar surface area (TPSA) is 321 Å². The number of ether oxygens (including phenoxy) is 8. The van der Waals surface area contributed by atoms with Crippen molar-refractivity contribution in [2.24, 2.45) is 0 Å². The van der Waals surface area contributed by atoms with E-state index in [1.54, 1.807) is 0 Å². The van der Waals surface area contributed by atoms with E-state index in [0.717, 1.165) is 0 Å². The summed E-state index contributed by atoms with van der Waals surface area (Å²) in [7, 11) is -39.0. The quantitative estimate of drug-likeness (QED) is 0.0183. The molecule has 0 aromatic heterocycles. The van der Waals surface area contributed by atoms with Crippen LogP contribution in [-0.2, 0) is 126 Å². The van der Waals surface area contributed by atoms with Crippen molar-refractivity contribution in [3.05, 3.63) is 97.2 Å². The highest BCUT2D eigenvalue weighted by Gasteiger charge is 2.81. The molecule has 28 nitrogen and oxygen atoms in total. The van der Waals surface area contributed by atoms with Crippen LogP contribution in [0.4, 0.5) is 0 Å². The highest BCUT2D eigenvalue weighted by molar-refractivity contribution is 7.02. The van der Waals surface area contributed by atoms with Gasteiger partial charge in [0, 0.05) is 86.9 Å². The van der Waals surface area contributed by atoms with E-state index in [1.165, 1.54) is 55.4 Å². The zero-order valence-corrected chi connectivity index (χ0v) is 63.5. The summed E-state index contributed by atoms with van der Waals surface area (Å²) in [5.74, 6) is -5.51. The van der Waals surface area contributed by atoms with Gasteiger partial charge in [0.1, 0.15) is 0 Å². The minimum atomic E-state index is -4.98. The minimum Gasteiger partial charge on any atom is -0.462 e. The Hall–Kier alpha value is -5.06. The number of rotatable bonds is 41. The summed E-state index contributed by atoms with van der Waals surface area (Å²) in [5.41, 5.74) is 0.989. The lowest BCUT2D eigenvalue weighted by molar-refractivity contribution is -0.139. The molecule has 0 aromatic carbocycles. The molecule has 0 spiro atoms. The SMILES string of the molecule is C=C(C)C(=O)OCCCC[Si]12O[Si]3(CCCOC(=O)C(=C)C)O[Si]4(CCCOC(=O)C(=C)C)CO[Si]5(CCCOC(=O)C(=C)C)O[Si](CCCOC(=O)C(=C)C)(O3)O[Si](CCCOC(=O)C(=C)C)(O[Si](CCCOC(=O)C(=C)C)(O5)O[Si](CCCOC(=O)C(=C)C)(O4)O1)O2. The molecular weight excluding hydrogens is 1370 g/mol. The number of fused-ring (bicyclic) bond motifs is 1. The minimum absolute atomic E-state index is 0.0229. The molecule has 6 rings (SSSR count).